The highest BCUT2D eigenvalue weighted by Gasteiger charge is 2.27. The van der Waals surface area contributed by atoms with E-state index in [2.05, 4.69) is 0 Å². The molecule has 5 heteroatoms. The first-order valence-corrected chi connectivity index (χ1v) is 4.49. The second-order valence-corrected chi connectivity index (χ2v) is 3.20. The summed E-state index contributed by atoms with van der Waals surface area (Å²) in [4.78, 5) is 0. The molecule has 1 rings (SSSR count). The van der Waals surface area contributed by atoms with E-state index in [-0.39, 0.29) is 11.7 Å². The molecule has 84 valence electrons. The summed E-state index contributed by atoms with van der Waals surface area (Å²) in [5, 5.41) is 0.169. The molecular formula is C10H11F4N. The zero-order valence-electron chi connectivity index (χ0n) is 7.97. The maximum atomic E-state index is 13.0. The molecule has 0 saturated carbocycles. The normalized spacial score (nSPS) is 12.1. The van der Waals surface area contributed by atoms with Gasteiger partial charge in [0.05, 0.1) is 13.0 Å². The summed E-state index contributed by atoms with van der Waals surface area (Å²) in [6.07, 6.45) is -5.43. The van der Waals surface area contributed by atoms with Crippen molar-refractivity contribution in [2.45, 2.75) is 19.1 Å². The highest BCUT2D eigenvalue weighted by atomic mass is 19.4. The van der Waals surface area contributed by atoms with Crippen LogP contribution in [0.1, 0.15) is 12.0 Å². The van der Waals surface area contributed by atoms with Crippen LogP contribution in [0.5, 0.6) is 0 Å². The molecular weight excluding hydrogens is 210 g/mol. The lowest BCUT2D eigenvalue weighted by Crippen LogP contribution is -2.20. The number of rotatable bonds is 4. The summed E-state index contributed by atoms with van der Waals surface area (Å²) in [7, 11) is 0. The third kappa shape index (κ3) is 5.37. The number of hydrogen-bond donors (Lipinski definition) is 0. The maximum absolute atomic E-state index is 13.0. The molecule has 1 nitrogen and oxygen atoms in total. The van der Waals surface area contributed by atoms with Gasteiger partial charge in [-0.1, -0.05) is 30.3 Å². The van der Waals surface area contributed by atoms with Crippen molar-refractivity contribution in [2.24, 2.45) is 0 Å². The number of benzene rings is 1. The van der Waals surface area contributed by atoms with Gasteiger partial charge in [-0.2, -0.15) is 13.2 Å². The van der Waals surface area contributed by atoms with Crippen molar-refractivity contribution in [3.63, 3.8) is 0 Å². The maximum Gasteiger partial charge on any atom is 0.390 e. The van der Waals surface area contributed by atoms with Gasteiger partial charge in [0.2, 0.25) is 0 Å². The van der Waals surface area contributed by atoms with E-state index in [1.165, 1.54) is 0 Å². The fourth-order valence-electron chi connectivity index (χ4n) is 1.11. The average molecular weight is 221 g/mol. The Morgan fingerprint density at radius 2 is 1.67 bits per heavy atom. The fraction of sp³-hybridized carbons (Fsp3) is 0.400. The summed E-state index contributed by atoms with van der Waals surface area (Å²) in [6, 6.07) is 8.53. The van der Waals surface area contributed by atoms with Crippen LogP contribution in [0.25, 0.3) is 0 Å². The molecule has 0 N–H and O–H groups in total. The molecule has 0 saturated heterocycles. The molecule has 1 aromatic carbocycles. The summed E-state index contributed by atoms with van der Waals surface area (Å²) < 4.78 is 48.2. The first-order chi connectivity index (χ1) is 6.97. The predicted octanol–water partition coefficient (Wildman–Crippen LogP) is 3.33. The number of alkyl halides is 3. The van der Waals surface area contributed by atoms with Crippen LogP contribution in [0.3, 0.4) is 0 Å². The molecule has 1 aromatic rings. The van der Waals surface area contributed by atoms with Gasteiger partial charge in [-0.05, 0) is 5.56 Å². The second-order valence-electron chi connectivity index (χ2n) is 3.20. The van der Waals surface area contributed by atoms with E-state index < -0.39 is 19.1 Å². The Hall–Kier alpha value is -1.10. The second kappa shape index (κ2) is 5.11. The van der Waals surface area contributed by atoms with E-state index in [0.29, 0.717) is 5.56 Å². The van der Waals surface area contributed by atoms with Crippen LogP contribution in [0.15, 0.2) is 30.3 Å². The van der Waals surface area contributed by atoms with Crippen LogP contribution in [0.4, 0.5) is 17.7 Å². The minimum atomic E-state index is -4.30. The number of hydrogen-bond acceptors (Lipinski definition) is 1. The SMILES string of the molecule is FN(CCC(F)(F)F)Cc1ccccc1. The van der Waals surface area contributed by atoms with Crippen LogP contribution in [0.2, 0.25) is 0 Å². The molecule has 0 radical (unpaired) electrons. The van der Waals surface area contributed by atoms with Crippen LogP contribution >= 0.6 is 0 Å². The van der Waals surface area contributed by atoms with E-state index in [4.69, 9.17) is 0 Å². The molecule has 0 atom stereocenters. The van der Waals surface area contributed by atoms with Crippen LogP contribution in [0, 0.1) is 0 Å². The van der Waals surface area contributed by atoms with Crippen LogP contribution in [-0.4, -0.2) is 17.8 Å². The minimum absolute atomic E-state index is 0.114. The zero-order chi connectivity index (χ0) is 11.3. The third-order valence-electron chi connectivity index (χ3n) is 1.83. The highest BCUT2D eigenvalue weighted by Crippen LogP contribution is 2.20. The topological polar surface area (TPSA) is 3.24 Å². The summed E-state index contributed by atoms with van der Waals surface area (Å²) in [5.41, 5.74) is 0.655. The van der Waals surface area contributed by atoms with Gasteiger partial charge in [-0.15, -0.1) is 9.60 Å². The molecule has 0 aliphatic rings. The summed E-state index contributed by atoms with van der Waals surface area (Å²) in [5.74, 6) is 0. The van der Waals surface area contributed by atoms with Gasteiger partial charge < -0.3 is 0 Å². The molecule has 0 unspecified atom stereocenters. The lowest BCUT2D eigenvalue weighted by atomic mass is 10.2. The largest absolute Gasteiger partial charge is 0.390 e. The Labute approximate surface area is 85.2 Å². The molecule has 0 amide bonds. The Morgan fingerprint density at radius 1 is 1.07 bits per heavy atom. The smallest absolute Gasteiger partial charge is 0.171 e. The van der Waals surface area contributed by atoms with Crippen LogP contribution < -0.4 is 0 Å². The Balaban J connectivity index is 2.34. The Kier molecular flexibility index (Phi) is 4.08. The molecule has 0 heterocycles. The van der Waals surface area contributed by atoms with Gasteiger partial charge in [0, 0.05) is 6.54 Å². The molecule has 0 aliphatic heterocycles. The fourth-order valence-corrected chi connectivity index (χ4v) is 1.11. The van der Waals surface area contributed by atoms with Crippen molar-refractivity contribution in [2.75, 3.05) is 6.54 Å². The van der Waals surface area contributed by atoms with E-state index in [1.54, 1.807) is 30.3 Å². The number of halogens is 4. The van der Waals surface area contributed by atoms with Crippen molar-refractivity contribution < 1.29 is 17.7 Å². The predicted molar refractivity (Wildman–Crippen MR) is 48.6 cm³/mol. The number of nitrogens with zero attached hydrogens (tertiary/aromatic N) is 1. The van der Waals surface area contributed by atoms with E-state index >= 15 is 0 Å². The first-order valence-electron chi connectivity index (χ1n) is 4.49. The van der Waals surface area contributed by atoms with Gasteiger partial charge in [0.25, 0.3) is 0 Å². The third-order valence-corrected chi connectivity index (χ3v) is 1.83. The van der Waals surface area contributed by atoms with Gasteiger partial charge in [0.15, 0.2) is 0 Å². The lowest BCUT2D eigenvalue weighted by Gasteiger charge is -2.13. The molecule has 0 aromatic heterocycles. The van der Waals surface area contributed by atoms with Gasteiger partial charge in [-0.3, -0.25) is 0 Å². The van der Waals surface area contributed by atoms with Gasteiger partial charge in [-0.25, -0.2) is 0 Å². The molecule has 0 aliphatic carbocycles. The van der Waals surface area contributed by atoms with Crippen molar-refractivity contribution in [1.82, 2.24) is 5.12 Å². The van der Waals surface area contributed by atoms with Crippen LogP contribution in [-0.2, 0) is 6.54 Å². The molecule has 0 spiro atoms. The van der Waals surface area contributed by atoms with Crippen molar-refractivity contribution in [1.29, 1.82) is 0 Å². The van der Waals surface area contributed by atoms with Gasteiger partial charge in [0.1, 0.15) is 0 Å². The zero-order valence-corrected chi connectivity index (χ0v) is 7.97. The molecule has 0 bridgehead atoms. The highest BCUT2D eigenvalue weighted by molar-refractivity contribution is 5.13. The molecule has 0 fully saturated rings. The quantitative estimate of drug-likeness (QED) is 0.556. The van der Waals surface area contributed by atoms with E-state index in [9.17, 15) is 17.7 Å². The van der Waals surface area contributed by atoms with Crippen molar-refractivity contribution >= 4 is 0 Å². The van der Waals surface area contributed by atoms with Crippen molar-refractivity contribution in [3.05, 3.63) is 35.9 Å². The average Bonchev–Trinajstić information content (AvgIpc) is 2.15. The standard InChI is InChI=1S/C10H11F4N/c11-10(12,13)6-7-15(14)8-9-4-2-1-3-5-9/h1-5H,6-8H2. The summed E-state index contributed by atoms with van der Waals surface area (Å²) in [6.45, 7) is -0.741. The molecule has 15 heavy (non-hydrogen) atoms. The van der Waals surface area contributed by atoms with Gasteiger partial charge >= 0.3 is 6.18 Å². The Bertz CT molecular complexity index is 283. The minimum Gasteiger partial charge on any atom is -0.171 e. The van der Waals surface area contributed by atoms with E-state index in [1.807, 2.05) is 0 Å². The monoisotopic (exact) mass is 221 g/mol. The van der Waals surface area contributed by atoms with E-state index in [0.717, 1.165) is 0 Å². The summed E-state index contributed by atoms with van der Waals surface area (Å²) >= 11 is 0. The lowest BCUT2D eigenvalue weighted by molar-refractivity contribution is -0.148. The first kappa shape index (κ1) is 12.0. The van der Waals surface area contributed by atoms with Crippen molar-refractivity contribution in [3.8, 4) is 0 Å². The Morgan fingerprint density at radius 3 is 2.20 bits per heavy atom.